The molecule has 21 heavy (non-hydrogen) atoms. The Kier molecular flexibility index (Phi) is 2.79. The van der Waals surface area contributed by atoms with Gasteiger partial charge >= 0.3 is 0 Å². The average Bonchev–Trinajstić information content (AvgIpc) is 3.02. The van der Waals surface area contributed by atoms with Gasteiger partial charge in [-0.2, -0.15) is 0 Å². The Morgan fingerprint density at radius 3 is 3.05 bits per heavy atom. The maximum atomic E-state index is 5.80. The Balaban J connectivity index is 1.87. The van der Waals surface area contributed by atoms with E-state index in [4.69, 9.17) is 5.73 Å². The number of hydrogen-bond acceptors (Lipinski definition) is 7. The summed E-state index contributed by atoms with van der Waals surface area (Å²) in [4.78, 5) is 10.7. The first kappa shape index (κ1) is 12.5. The Morgan fingerprint density at radius 1 is 1.24 bits per heavy atom. The predicted octanol–water partition coefficient (Wildman–Crippen LogP) is 2.78. The highest BCUT2D eigenvalue weighted by atomic mass is 32.2. The molecule has 6 nitrogen and oxygen atoms in total. The zero-order valence-corrected chi connectivity index (χ0v) is 12.6. The molecule has 8 heteroatoms. The normalized spacial score (nSPS) is 11.5. The van der Waals surface area contributed by atoms with Crippen molar-refractivity contribution in [2.24, 2.45) is 0 Å². The Hall–Kier alpha value is -2.19. The van der Waals surface area contributed by atoms with Gasteiger partial charge in [-0.1, -0.05) is 6.07 Å². The Morgan fingerprint density at radius 2 is 2.14 bits per heavy atom. The second-order valence-corrected chi connectivity index (χ2v) is 6.67. The van der Waals surface area contributed by atoms with Crippen LogP contribution in [0, 0.1) is 6.92 Å². The molecule has 0 spiro atoms. The fourth-order valence-corrected chi connectivity index (χ4v) is 3.95. The minimum Gasteiger partial charge on any atom is -0.368 e. The number of aryl methyl sites for hydroxylation is 1. The first-order chi connectivity index (χ1) is 10.2. The number of thiophene rings is 1. The summed E-state index contributed by atoms with van der Waals surface area (Å²) in [6, 6.07) is 7.86. The SMILES string of the molecule is Cc1cc2c(Sc3nnc4ccccn34)nc(N)nc2s1. The quantitative estimate of drug-likeness (QED) is 0.573. The lowest BCUT2D eigenvalue weighted by atomic mass is 10.4. The van der Waals surface area contributed by atoms with Crippen molar-refractivity contribution in [2.75, 3.05) is 5.73 Å². The number of pyridine rings is 1. The molecule has 0 saturated carbocycles. The lowest BCUT2D eigenvalue weighted by molar-refractivity contribution is 0.918. The molecule has 4 aromatic rings. The minimum absolute atomic E-state index is 0.278. The van der Waals surface area contributed by atoms with Gasteiger partial charge in [0.2, 0.25) is 11.1 Å². The average molecular weight is 314 g/mol. The molecular formula is C13H10N6S2. The van der Waals surface area contributed by atoms with Crippen molar-refractivity contribution in [3.63, 3.8) is 0 Å². The number of nitrogens with zero attached hydrogens (tertiary/aromatic N) is 5. The maximum Gasteiger partial charge on any atom is 0.222 e. The van der Waals surface area contributed by atoms with E-state index in [0.29, 0.717) is 0 Å². The lowest BCUT2D eigenvalue weighted by Crippen LogP contribution is -1.96. The highest BCUT2D eigenvalue weighted by Crippen LogP contribution is 2.34. The van der Waals surface area contributed by atoms with E-state index >= 15 is 0 Å². The third-order valence-corrected chi connectivity index (χ3v) is 4.88. The van der Waals surface area contributed by atoms with E-state index in [1.807, 2.05) is 35.7 Å². The van der Waals surface area contributed by atoms with Crippen LogP contribution in [-0.4, -0.2) is 24.6 Å². The molecule has 0 aliphatic heterocycles. The highest BCUT2D eigenvalue weighted by Gasteiger charge is 2.14. The van der Waals surface area contributed by atoms with Crippen LogP contribution in [0.15, 0.2) is 40.6 Å². The van der Waals surface area contributed by atoms with Crippen LogP contribution in [0.5, 0.6) is 0 Å². The van der Waals surface area contributed by atoms with E-state index in [-0.39, 0.29) is 5.95 Å². The van der Waals surface area contributed by atoms with Crippen molar-refractivity contribution < 1.29 is 0 Å². The summed E-state index contributed by atoms with van der Waals surface area (Å²) in [6.45, 7) is 2.05. The van der Waals surface area contributed by atoms with Crippen molar-refractivity contribution in [3.05, 3.63) is 35.3 Å². The number of anilines is 1. The molecule has 104 valence electrons. The minimum atomic E-state index is 0.278. The standard InChI is InChI=1S/C13H10N6S2/c1-7-6-8-10(20-7)15-12(14)16-11(8)21-13-18-17-9-4-2-3-5-19(9)13/h2-6H,1H3,(H2,14,15,16). The Bertz CT molecular complexity index is 958. The van der Waals surface area contributed by atoms with Gasteiger partial charge in [-0.3, -0.25) is 4.40 Å². The maximum absolute atomic E-state index is 5.80. The summed E-state index contributed by atoms with van der Waals surface area (Å²) in [5, 5.41) is 10.9. The predicted molar refractivity (Wildman–Crippen MR) is 83.7 cm³/mol. The van der Waals surface area contributed by atoms with Crippen molar-refractivity contribution >= 4 is 44.9 Å². The molecule has 0 radical (unpaired) electrons. The molecule has 0 aliphatic carbocycles. The number of rotatable bonds is 2. The van der Waals surface area contributed by atoms with Gasteiger partial charge in [0.25, 0.3) is 0 Å². The van der Waals surface area contributed by atoms with E-state index in [0.717, 1.165) is 26.0 Å². The fraction of sp³-hybridized carbons (Fsp3) is 0.0769. The lowest BCUT2D eigenvalue weighted by Gasteiger charge is -2.02. The second-order valence-electron chi connectivity index (χ2n) is 4.48. The Labute approximate surface area is 128 Å². The molecule has 0 bridgehead atoms. The van der Waals surface area contributed by atoms with Crippen LogP contribution in [0.4, 0.5) is 5.95 Å². The molecular weight excluding hydrogens is 304 g/mol. The smallest absolute Gasteiger partial charge is 0.222 e. The first-order valence-electron chi connectivity index (χ1n) is 6.22. The van der Waals surface area contributed by atoms with Crippen LogP contribution in [0.25, 0.3) is 15.9 Å². The van der Waals surface area contributed by atoms with Crippen LogP contribution < -0.4 is 5.73 Å². The number of nitrogens with two attached hydrogens (primary N) is 1. The second kappa shape index (κ2) is 4.68. The topological polar surface area (TPSA) is 82.0 Å². The molecule has 0 amide bonds. The van der Waals surface area contributed by atoms with Gasteiger partial charge < -0.3 is 5.73 Å². The van der Waals surface area contributed by atoms with Gasteiger partial charge in [-0.15, -0.1) is 21.5 Å². The highest BCUT2D eigenvalue weighted by molar-refractivity contribution is 7.99. The third-order valence-electron chi connectivity index (χ3n) is 2.97. The van der Waals surface area contributed by atoms with E-state index in [2.05, 4.69) is 26.2 Å². The van der Waals surface area contributed by atoms with Crippen molar-refractivity contribution in [3.8, 4) is 0 Å². The number of hydrogen-bond donors (Lipinski definition) is 1. The van der Waals surface area contributed by atoms with Crippen LogP contribution >= 0.6 is 23.1 Å². The van der Waals surface area contributed by atoms with Crippen molar-refractivity contribution in [1.82, 2.24) is 24.6 Å². The summed E-state index contributed by atoms with van der Waals surface area (Å²) in [7, 11) is 0. The number of fused-ring (bicyclic) bond motifs is 2. The molecule has 0 atom stereocenters. The van der Waals surface area contributed by atoms with E-state index in [1.165, 1.54) is 16.6 Å². The van der Waals surface area contributed by atoms with Crippen molar-refractivity contribution in [2.45, 2.75) is 17.1 Å². The van der Waals surface area contributed by atoms with Crippen molar-refractivity contribution in [1.29, 1.82) is 0 Å². The molecule has 0 aliphatic rings. The summed E-state index contributed by atoms with van der Waals surface area (Å²) >= 11 is 3.06. The number of nitrogen functional groups attached to an aromatic ring is 1. The summed E-state index contributed by atoms with van der Waals surface area (Å²) in [5.41, 5.74) is 6.61. The molecule has 4 aromatic heterocycles. The van der Waals surface area contributed by atoms with Gasteiger partial charge in [0.1, 0.15) is 9.86 Å². The molecule has 0 fully saturated rings. The summed E-state index contributed by atoms with van der Waals surface area (Å²) in [5.74, 6) is 0.278. The van der Waals surface area contributed by atoms with Gasteiger partial charge in [0.15, 0.2) is 5.65 Å². The van der Waals surface area contributed by atoms with E-state index in [1.54, 1.807) is 11.3 Å². The van der Waals surface area contributed by atoms with Gasteiger partial charge in [-0.05, 0) is 36.9 Å². The summed E-state index contributed by atoms with van der Waals surface area (Å²) < 4.78 is 1.92. The fourth-order valence-electron chi connectivity index (χ4n) is 2.08. The largest absolute Gasteiger partial charge is 0.368 e. The van der Waals surface area contributed by atoms with Crippen LogP contribution in [-0.2, 0) is 0 Å². The molecule has 0 aromatic carbocycles. The molecule has 0 unspecified atom stereocenters. The zero-order valence-electron chi connectivity index (χ0n) is 11.0. The monoisotopic (exact) mass is 314 g/mol. The van der Waals surface area contributed by atoms with E-state index in [9.17, 15) is 0 Å². The van der Waals surface area contributed by atoms with Gasteiger partial charge in [0.05, 0.1) is 0 Å². The van der Waals surface area contributed by atoms with Gasteiger partial charge in [0, 0.05) is 16.5 Å². The van der Waals surface area contributed by atoms with Gasteiger partial charge in [-0.25, -0.2) is 9.97 Å². The molecule has 2 N–H and O–H groups in total. The molecule has 4 rings (SSSR count). The third kappa shape index (κ3) is 2.12. The van der Waals surface area contributed by atoms with Crippen LogP contribution in [0.1, 0.15) is 4.88 Å². The summed E-state index contributed by atoms with van der Waals surface area (Å²) in [6.07, 6.45) is 1.93. The van der Waals surface area contributed by atoms with E-state index < -0.39 is 0 Å². The molecule has 0 saturated heterocycles. The van der Waals surface area contributed by atoms with Crippen LogP contribution in [0.2, 0.25) is 0 Å². The number of aromatic nitrogens is 5. The first-order valence-corrected chi connectivity index (χ1v) is 7.85. The van der Waals surface area contributed by atoms with Crippen LogP contribution in [0.3, 0.4) is 0 Å². The molecule has 4 heterocycles. The zero-order chi connectivity index (χ0) is 14.4.